The van der Waals surface area contributed by atoms with Crippen molar-refractivity contribution in [3.63, 3.8) is 0 Å². The van der Waals surface area contributed by atoms with E-state index in [0.29, 0.717) is 5.92 Å². The monoisotopic (exact) mass is 268 g/mol. The molecule has 0 spiro atoms. The second kappa shape index (κ2) is 5.21. The summed E-state index contributed by atoms with van der Waals surface area (Å²) >= 11 is 0. The van der Waals surface area contributed by atoms with Crippen molar-refractivity contribution >= 4 is 10.8 Å². The summed E-state index contributed by atoms with van der Waals surface area (Å²) in [5.41, 5.74) is 1.31. The van der Waals surface area contributed by atoms with Gasteiger partial charge in [0.05, 0.1) is 6.10 Å². The lowest BCUT2D eigenvalue weighted by Gasteiger charge is -2.41. The van der Waals surface area contributed by atoms with Crippen LogP contribution in [0.3, 0.4) is 0 Å². The van der Waals surface area contributed by atoms with E-state index in [1.807, 2.05) is 0 Å². The lowest BCUT2D eigenvalue weighted by molar-refractivity contribution is 0.00393. The van der Waals surface area contributed by atoms with Gasteiger partial charge in [0.1, 0.15) is 0 Å². The van der Waals surface area contributed by atoms with E-state index >= 15 is 0 Å². The van der Waals surface area contributed by atoms with Crippen molar-refractivity contribution in [2.75, 3.05) is 0 Å². The molecule has 1 saturated carbocycles. The molecule has 1 N–H and O–H groups in total. The highest BCUT2D eigenvalue weighted by molar-refractivity contribution is 5.83. The van der Waals surface area contributed by atoms with Gasteiger partial charge >= 0.3 is 0 Å². The van der Waals surface area contributed by atoms with Crippen LogP contribution in [-0.2, 0) is 0 Å². The molecule has 1 fully saturated rings. The zero-order chi connectivity index (χ0) is 14.2. The highest BCUT2D eigenvalue weighted by Crippen LogP contribution is 2.46. The third kappa shape index (κ3) is 2.47. The normalized spacial score (nSPS) is 23.6. The Kier molecular flexibility index (Phi) is 3.55. The standard InChI is InChI=1S/C19H24O/c1-19(2)12-6-5-9-17(19)18(20)16-11-10-14-7-3-4-8-15(14)13-16/h3-4,7-8,10-11,13,17-18,20H,5-6,9,12H2,1-2H3. The van der Waals surface area contributed by atoms with Crippen molar-refractivity contribution in [2.24, 2.45) is 11.3 Å². The summed E-state index contributed by atoms with van der Waals surface area (Å²) in [6.07, 6.45) is 4.57. The number of hydrogen-bond acceptors (Lipinski definition) is 1. The molecular formula is C19H24O. The minimum absolute atomic E-state index is 0.239. The summed E-state index contributed by atoms with van der Waals surface area (Å²) in [6, 6.07) is 14.7. The minimum atomic E-state index is -0.338. The highest BCUT2D eigenvalue weighted by Gasteiger charge is 2.37. The molecular weight excluding hydrogens is 244 g/mol. The molecule has 20 heavy (non-hydrogen) atoms. The molecule has 2 aromatic carbocycles. The topological polar surface area (TPSA) is 20.2 Å². The number of hydrogen-bond donors (Lipinski definition) is 1. The van der Waals surface area contributed by atoms with Gasteiger partial charge < -0.3 is 5.11 Å². The lowest BCUT2D eigenvalue weighted by atomic mass is 9.65. The molecule has 1 aliphatic carbocycles. The summed E-state index contributed by atoms with van der Waals surface area (Å²) < 4.78 is 0. The Labute approximate surface area is 121 Å². The number of fused-ring (bicyclic) bond motifs is 1. The van der Waals surface area contributed by atoms with E-state index in [0.717, 1.165) is 12.0 Å². The van der Waals surface area contributed by atoms with E-state index in [1.165, 1.54) is 30.0 Å². The van der Waals surface area contributed by atoms with Gasteiger partial charge in [-0.3, -0.25) is 0 Å². The molecule has 2 aromatic rings. The average molecular weight is 268 g/mol. The number of benzene rings is 2. The first-order chi connectivity index (χ1) is 9.58. The Balaban J connectivity index is 1.93. The smallest absolute Gasteiger partial charge is 0.0823 e. The zero-order valence-electron chi connectivity index (χ0n) is 12.5. The summed E-state index contributed by atoms with van der Waals surface area (Å²) in [7, 11) is 0. The fourth-order valence-electron chi connectivity index (χ4n) is 3.73. The van der Waals surface area contributed by atoms with Crippen molar-refractivity contribution in [2.45, 2.75) is 45.6 Å². The van der Waals surface area contributed by atoms with E-state index < -0.39 is 0 Å². The van der Waals surface area contributed by atoms with Crippen LogP contribution in [0.4, 0.5) is 0 Å². The van der Waals surface area contributed by atoms with Gasteiger partial charge in [-0.2, -0.15) is 0 Å². The summed E-state index contributed by atoms with van der Waals surface area (Å²) in [5.74, 6) is 0.373. The van der Waals surface area contributed by atoms with Crippen LogP contribution in [0, 0.1) is 11.3 Å². The molecule has 2 unspecified atom stereocenters. The van der Waals surface area contributed by atoms with Gasteiger partial charge in [0.25, 0.3) is 0 Å². The van der Waals surface area contributed by atoms with E-state index in [2.05, 4.69) is 56.3 Å². The molecule has 3 rings (SSSR count). The zero-order valence-corrected chi connectivity index (χ0v) is 12.5. The van der Waals surface area contributed by atoms with Gasteiger partial charge in [-0.25, -0.2) is 0 Å². The SMILES string of the molecule is CC1(C)CCCCC1C(O)c1ccc2ccccc2c1. The van der Waals surface area contributed by atoms with Crippen LogP contribution in [-0.4, -0.2) is 5.11 Å². The number of aliphatic hydroxyl groups excluding tert-OH is 1. The maximum absolute atomic E-state index is 10.8. The Morgan fingerprint density at radius 2 is 1.80 bits per heavy atom. The van der Waals surface area contributed by atoms with Crippen LogP contribution >= 0.6 is 0 Å². The maximum Gasteiger partial charge on any atom is 0.0823 e. The van der Waals surface area contributed by atoms with Gasteiger partial charge in [-0.1, -0.05) is 63.1 Å². The molecule has 1 heteroatoms. The van der Waals surface area contributed by atoms with Gasteiger partial charge in [0.2, 0.25) is 0 Å². The summed E-state index contributed by atoms with van der Waals surface area (Å²) in [4.78, 5) is 0. The summed E-state index contributed by atoms with van der Waals surface area (Å²) in [6.45, 7) is 4.61. The van der Waals surface area contributed by atoms with Crippen molar-refractivity contribution < 1.29 is 5.11 Å². The van der Waals surface area contributed by atoms with Crippen LogP contribution in [0.2, 0.25) is 0 Å². The van der Waals surface area contributed by atoms with E-state index in [-0.39, 0.29) is 11.5 Å². The van der Waals surface area contributed by atoms with Crippen LogP contribution in [0.5, 0.6) is 0 Å². The first kappa shape index (κ1) is 13.6. The third-order valence-corrected chi connectivity index (χ3v) is 5.09. The first-order valence-electron chi connectivity index (χ1n) is 7.75. The van der Waals surface area contributed by atoms with E-state index in [1.54, 1.807) is 0 Å². The van der Waals surface area contributed by atoms with Crippen molar-refractivity contribution in [1.29, 1.82) is 0 Å². The van der Waals surface area contributed by atoms with Gasteiger partial charge in [-0.15, -0.1) is 0 Å². The van der Waals surface area contributed by atoms with Crippen molar-refractivity contribution in [3.05, 3.63) is 48.0 Å². The van der Waals surface area contributed by atoms with Crippen LogP contribution in [0.1, 0.15) is 51.2 Å². The molecule has 2 atom stereocenters. The van der Waals surface area contributed by atoms with Gasteiger partial charge in [-0.05, 0) is 46.6 Å². The first-order valence-corrected chi connectivity index (χ1v) is 7.75. The predicted octanol–water partition coefficient (Wildman–Crippen LogP) is 5.09. The van der Waals surface area contributed by atoms with E-state index in [4.69, 9.17) is 0 Å². The Hall–Kier alpha value is -1.34. The molecule has 0 amide bonds. The Bertz CT molecular complexity index is 599. The second-order valence-electron chi connectivity index (χ2n) is 6.89. The molecule has 1 aliphatic rings. The van der Waals surface area contributed by atoms with Gasteiger partial charge in [0.15, 0.2) is 0 Å². The Morgan fingerprint density at radius 3 is 2.55 bits per heavy atom. The third-order valence-electron chi connectivity index (χ3n) is 5.09. The lowest BCUT2D eigenvalue weighted by Crippen LogP contribution is -2.32. The second-order valence-corrected chi connectivity index (χ2v) is 6.89. The molecule has 0 saturated heterocycles. The molecule has 1 nitrogen and oxygen atoms in total. The fourth-order valence-corrected chi connectivity index (χ4v) is 3.73. The predicted molar refractivity (Wildman–Crippen MR) is 84.6 cm³/mol. The van der Waals surface area contributed by atoms with E-state index in [9.17, 15) is 5.11 Å². The molecule has 0 aromatic heterocycles. The summed E-state index contributed by atoms with van der Waals surface area (Å²) in [5, 5.41) is 13.3. The highest BCUT2D eigenvalue weighted by atomic mass is 16.3. The average Bonchev–Trinajstić information content (AvgIpc) is 2.45. The maximum atomic E-state index is 10.8. The van der Waals surface area contributed by atoms with Crippen LogP contribution < -0.4 is 0 Å². The van der Waals surface area contributed by atoms with Crippen LogP contribution in [0.25, 0.3) is 10.8 Å². The fraction of sp³-hybridized carbons (Fsp3) is 0.474. The number of rotatable bonds is 2. The quantitative estimate of drug-likeness (QED) is 0.804. The molecule has 0 bridgehead atoms. The van der Waals surface area contributed by atoms with Crippen LogP contribution in [0.15, 0.2) is 42.5 Å². The molecule has 0 heterocycles. The molecule has 0 aliphatic heterocycles. The Morgan fingerprint density at radius 1 is 1.05 bits per heavy atom. The van der Waals surface area contributed by atoms with Gasteiger partial charge in [0, 0.05) is 0 Å². The molecule has 0 radical (unpaired) electrons. The van der Waals surface area contributed by atoms with Crippen molar-refractivity contribution in [3.8, 4) is 0 Å². The molecule has 106 valence electrons. The number of aliphatic hydroxyl groups is 1. The van der Waals surface area contributed by atoms with Crippen molar-refractivity contribution in [1.82, 2.24) is 0 Å². The minimum Gasteiger partial charge on any atom is -0.388 e. The largest absolute Gasteiger partial charge is 0.388 e.